The number of aromatic nitrogens is 1. The number of aromatic amines is 1. The van der Waals surface area contributed by atoms with Gasteiger partial charge >= 0.3 is 0 Å². The van der Waals surface area contributed by atoms with E-state index >= 15 is 0 Å². The number of nitrogens with one attached hydrogen (secondary N) is 1. The second-order valence-corrected chi connectivity index (χ2v) is 9.51. The summed E-state index contributed by atoms with van der Waals surface area (Å²) in [6.07, 6.45) is 2.69. The molecule has 5 rings (SSSR count). The number of aryl methyl sites for hydroxylation is 1. The van der Waals surface area contributed by atoms with Gasteiger partial charge in [0.1, 0.15) is 5.56 Å². The molecule has 3 heterocycles. The molecule has 2 aliphatic heterocycles. The zero-order valence-electron chi connectivity index (χ0n) is 18.4. The number of fused-ring (bicyclic) bond motifs is 2. The molecule has 1 saturated heterocycles. The molecule has 2 aromatic rings. The molecule has 32 heavy (non-hydrogen) atoms. The van der Waals surface area contributed by atoms with E-state index in [2.05, 4.69) is 18.8 Å². The molecule has 1 aromatic heterocycles. The molecule has 1 aromatic carbocycles. The van der Waals surface area contributed by atoms with E-state index in [-0.39, 0.29) is 35.1 Å². The van der Waals surface area contributed by atoms with Gasteiger partial charge in [-0.1, -0.05) is 13.8 Å². The van der Waals surface area contributed by atoms with Crippen molar-refractivity contribution in [2.24, 2.45) is 5.41 Å². The number of pyridine rings is 1. The highest BCUT2D eigenvalue weighted by Crippen LogP contribution is 2.34. The third-order valence-corrected chi connectivity index (χ3v) is 6.64. The third-order valence-electron chi connectivity index (χ3n) is 6.64. The molecule has 1 N–H and O–H groups in total. The normalized spacial score (nSPS) is 18.9. The second-order valence-electron chi connectivity index (χ2n) is 9.51. The average Bonchev–Trinajstić information content (AvgIpc) is 3.26. The van der Waals surface area contributed by atoms with E-state index in [1.54, 1.807) is 34.1 Å². The zero-order chi connectivity index (χ0) is 22.5. The molecule has 2 amide bonds. The number of H-pyrrole nitrogens is 1. The quantitative estimate of drug-likeness (QED) is 0.778. The van der Waals surface area contributed by atoms with Crippen LogP contribution in [0.15, 0.2) is 29.1 Å². The largest absolute Gasteiger partial charge is 0.454 e. The molecule has 0 unspecified atom stereocenters. The lowest BCUT2D eigenvalue weighted by atomic mass is 9.76. The first-order valence-electron chi connectivity index (χ1n) is 11.0. The summed E-state index contributed by atoms with van der Waals surface area (Å²) in [5.74, 6) is 0.826. The van der Waals surface area contributed by atoms with Crippen molar-refractivity contribution in [1.82, 2.24) is 14.8 Å². The molecule has 3 aliphatic rings. The maximum Gasteiger partial charge on any atom is 0.261 e. The molecule has 1 fully saturated rings. The number of ether oxygens (including phenoxy) is 2. The molecular weight excluding hydrogens is 410 g/mol. The van der Waals surface area contributed by atoms with Crippen LogP contribution in [-0.2, 0) is 12.8 Å². The van der Waals surface area contributed by atoms with Crippen LogP contribution in [0.2, 0.25) is 0 Å². The molecule has 8 nitrogen and oxygen atoms in total. The number of rotatable bonds is 2. The van der Waals surface area contributed by atoms with Crippen LogP contribution in [-0.4, -0.2) is 59.6 Å². The van der Waals surface area contributed by atoms with Crippen molar-refractivity contribution in [3.63, 3.8) is 0 Å². The molecule has 0 saturated carbocycles. The fourth-order valence-corrected chi connectivity index (χ4v) is 4.71. The Morgan fingerprint density at radius 1 is 0.969 bits per heavy atom. The maximum absolute atomic E-state index is 13.1. The predicted octanol–water partition coefficient (Wildman–Crippen LogP) is 2.22. The molecule has 0 bridgehead atoms. The van der Waals surface area contributed by atoms with Crippen LogP contribution in [0.25, 0.3) is 0 Å². The van der Waals surface area contributed by atoms with E-state index in [0.717, 1.165) is 30.5 Å². The predicted molar refractivity (Wildman–Crippen MR) is 117 cm³/mol. The van der Waals surface area contributed by atoms with Crippen molar-refractivity contribution in [1.29, 1.82) is 0 Å². The first-order valence-corrected chi connectivity index (χ1v) is 11.0. The van der Waals surface area contributed by atoms with Gasteiger partial charge in [-0.3, -0.25) is 14.4 Å². The van der Waals surface area contributed by atoms with Crippen molar-refractivity contribution in [3.8, 4) is 11.5 Å². The third kappa shape index (κ3) is 3.74. The van der Waals surface area contributed by atoms with Gasteiger partial charge in [0.2, 0.25) is 6.79 Å². The summed E-state index contributed by atoms with van der Waals surface area (Å²) in [4.78, 5) is 44.9. The summed E-state index contributed by atoms with van der Waals surface area (Å²) in [6, 6.07) is 6.93. The molecule has 168 valence electrons. The van der Waals surface area contributed by atoms with E-state index in [4.69, 9.17) is 9.47 Å². The molecule has 8 heteroatoms. The monoisotopic (exact) mass is 437 g/mol. The average molecular weight is 437 g/mol. The number of hydrogen-bond donors (Lipinski definition) is 1. The minimum Gasteiger partial charge on any atom is -0.454 e. The SMILES string of the molecule is CC1(C)CCc2[nH]c(=O)c(C(=O)N3CCN(C(=O)c4ccc5c(c4)OCO5)CC3)cc2C1. The molecule has 0 atom stereocenters. The smallest absolute Gasteiger partial charge is 0.261 e. The Morgan fingerprint density at radius 3 is 2.41 bits per heavy atom. The van der Waals surface area contributed by atoms with E-state index in [9.17, 15) is 14.4 Å². The lowest BCUT2D eigenvalue weighted by molar-refractivity contribution is 0.0534. The number of hydrogen-bond acceptors (Lipinski definition) is 5. The first-order chi connectivity index (χ1) is 15.3. The van der Waals surface area contributed by atoms with Crippen LogP contribution >= 0.6 is 0 Å². The summed E-state index contributed by atoms with van der Waals surface area (Å²) in [5, 5.41) is 0. The lowest BCUT2D eigenvalue weighted by Crippen LogP contribution is -2.51. The van der Waals surface area contributed by atoms with Gasteiger partial charge in [0.25, 0.3) is 17.4 Å². The lowest BCUT2D eigenvalue weighted by Gasteiger charge is -2.35. The number of nitrogens with zero attached hydrogens (tertiary/aromatic N) is 2. The standard InChI is InChI=1S/C24H27N3O5/c1-24(2)6-5-18-16(13-24)11-17(21(28)25-18)23(30)27-9-7-26(8-10-27)22(29)15-3-4-19-20(12-15)32-14-31-19/h3-4,11-12H,5-10,13-14H2,1-2H3,(H,25,28). The Morgan fingerprint density at radius 2 is 1.66 bits per heavy atom. The first kappa shape index (κ1) is 20.6. The number of carbonyl (C=O) groups excluding carboxylic acids is 2. The van der Waals surface area contributed by atoms with E-state index < -0.39 is 0 Å². The van der Waals surface area contributed by atoms with Crippen molar-refractivity contribution in [2.45, 2.75) is 33.1 Å². The summed E-state index contributed by atoms with van der Waals surface area (Å²) >= 11 is 0. The number of piperazine rings is 1. The van der Waals surface area contributed by atoms with Gasteiger partial charge in [-0.25, -0.2) is 0 Å². The molecule has 0 spiro atoms. The molecule has 0 radical (unpaired) electrons. The summed E-state index contributed by atoms with van der Waals surface area (Å²) in [5.41, 5.74) is 2.56. The molecular formula is C24H27N3O5. The number of amides is 2. The fraction of sp³-hybridized carbons (Fsp3) is 0.458. The highest BCUT2D eigenvalue weighted by molar-refractivity contribution is 5.96. The van der Waals surface area contributed by atoms with Crippen molar-refractivity contribution in [3.05, 3.63) is 57.0 Å². The van der Waals surface area contributed by atoms with Gasteiger partial charge in [-0.05, 0) is 54.5 Å². The van der Waals surface area contributed by atoms with Gasteiger partial charge in [-0.15, -0.1) is 0 Å². The Labute approximate surface area is 186 Å². The zero-order valence-corrected chi connectivity index (χ0v) is 18.4. The summed E-state index contributed by atoms with van der Waals surface area (Å²) in [6.45, 7) is 6.17. The Bertz CT molecular complexity index is 1140. The van der Waals surface area contributed by atoms with Crippen LogP contribution in [0.1, 0.15) is 52.2 Å². The number of benzene rings is 1. The van der Waals surface area contributed by atoms with Gasteiger partial charge < -0.3 is 24.3 Å². The van der Waals surface area contributed by atoms with Gasteiger partial charge in [0.05, 0.1) is 0 Å². The maximum atomic E-state index is 13.1. The minimum absolute atomic E-state index is 0.107. The van der Waals surface area contributed by atoms with Gasteiger partial charge in [0.15, 0.2) is 11.5 Å². The van der Waals surface area contributed by atoms with Crippen LogP contribution in [0.4, 0.5) is 0 Å². The summed E-state index contributed by atoms with van der Waals surface area (Å²) in [7, 11) is 0. The minimum atomic E-state index is -0.327. The number of carbonyl (C=O) groups is 2. The van der Waals surface area contributed by atoms with Crippen molar-refractivity contribution >= 4 is 11.8 Å². The van der Waals surface area contributed by atoms with E-state index in [1.165, 1.54) is 0 Å². The molecule has 1 aliphatic carbocycles. The van der Waals surface area contributed by atoms with Crippen molar-refractivity contribution < 1.29 is 19.1 Å². The van der Waals surface area contributed by atoms with Gasteiger partial charge in [-0.2, -0.15) is 0 Å². The topological polar surface area (TPSA) is 91.9 Å². The van der Waals surface area contributed by atoms with Crippen LogP contribution in [0.5, 0.6) is 11.5 Å². The highest BCUT2D eigenvalue weighted by Gasteiger charge is 2.30. The van der Waals surface area contributed by atoms with Crippen LogP contribution < -0.4 is 15.0 Å². The summed E-state index contributed by atoms with van der Waals surface area (Å²) < 4.78 is 10.7. The van der Waals surface area contributed by atoms with Gasteiger partial charge in [0, 0.05) is 37.4 Å². The fourth-order valence-electron chi connectivity index (χ4n) is 4.71. The Hall–Kier alpha value is -3.29. The van der Waals surface area contributed by atoms with Crippen molar-refractivity contribution in [2.75, 3.05) is 33.0 Å². The Kier molecular flexibility index (Phi) is 4.95. The van der Waals surface area contributed by atoms with E-state index in [0.29, 0.717) is 43.2 Å². The van der Waals surface area contributed by atoms with Crippen LogP contribution in [0.3, 0.4) is 0 Å². The Balaban J connectivity index is 1.27. The highest BCUT2D eigenvalue weighted by atomic mass is 16.7. The second kappa shape index (κ2) is 7.69. The van der Waals surface area contributed by atoms with E-state index in [1.807, 2.05) is 0 Å². The van der Waals surface area contributed by atoms with Crippen LogP contribution in [0, 0.1) is 5.41 Å².